The van der Waals surface area contributed by atoms with Crippen molar-refractivity contribution < 1.29 is 14.7 Å². The average molecular weight is 342 g/mol. The van der Waals surface area contributed by atoms with E-state index < -0.39 is 5.60 Å². The summed E-state index contributed by atoms with van der Waals surface area (Å²) in [6.45, 7) is 0.709. The normalized spacial score (nSPS) is 20.3. The first-order valence-electron chi connectivity index (χ1n) is 8.33. The largest absolute Gasteiger partial charge is 0.388 e. The molecule has 25 heavy (non-hydrogen) atoms. The Bertz CT molecular complexity index is 759. The van der Waals surface area contributed by atoms with Crippen LogP contribution in [0, 0.1) is 0 Å². The maximum atomic E-state index is 12.7. The Hall–Kier alpha value is -2.67. The van der Waals surface area contributed by atoms with Crippen molar-refractivity contribution in [3.8, 4) is 5.69 Å². The molecule has 1 aromatic heterocycles. The van der Waals surface area contributed by atoms with Gasteiger partial charge < -0.3 is 15.3 Å². The second-order valence-electron chi connectivity index (χ2n) is 6.41. The number of β-amino-alcohol motifs (C(OH)–C–C–N with tert-alkyl or cyclic N) is 1. The highest BCUT2D eigenvalue weighted by molar-refractivity contribution is 5.94. The molecule has 1 aliphatic rings. The third-order valence-electron chi connectivity index (χ3n) is 4.46. The zero-order valence-electron chi connectivity index (χ0n) is 14.2. The van der Waals surface area contributed by atoms with E-state index in [9.17, 15) is 14.7 Å². The van der Waals surface area contributed by atoms with Crippen molar-refractivity contribution in [2.45, 2.75) is 24.9 Å². The van der Waals surface area contributed by atoms with Gasteiger partial charge in [0.15, 0.2) is 0 Å². The number of rotatable bonds is 4. The zero-order valence-corrected chi connectivity index (χ0v) is 14.2. The molecule has 132 valence electrons. The SMILES string of the molecule is CNC(=O)CC1(O)CCCN(C(=O)c2cnn(-c3ccccc3)c2)C1. The van der Waals surface area contributed by atoms with Gasteiger partial charge in [0.25, 0.3) is 5.91 Å². The van der Waals surface area contributed by atoms with E-state index in [4.69, 9.17) is 0 Å². The number of carbonyl (C=O) groups is 2. The van der Waals surface area contributed by atoms with Gasteiger partial charge in [-0.15, -0.1) is 0 Å². The van der Waals surface area contributed by atoms with Gasteiger partial charge in [-0.25, -0.2) is 4.68 Å². The lowest BCUT2D eigenvalue weighted by Gasteiger charge is -2.38. The Morgan fingerprint density at radius 2 is 2.08 bits per heavy atom. The molecule has 1 saturated heterocycles. The lowest BCUT2D eigenvalue weighted by molar-refractivity contribution is -0.127. The van der Waals surface area contributed by atoms with Crippen LogP contribution < -0.4 is 5.32 Å². The summed E-state index contributed by atoms with van der Waals surface area (Å²) in [7, 11) is 1.54. The second-order valence-corrected chi connectivity index (χ2v) is 6.41. The molecule has 2 N–H and O–H groups in total. The predicted molar refractivity (Wildman–Crippen MR) is 92.3 cm³/mol. The van der Waals surface area contributed by atoms with Crippen molar-refractivity contribution in [3.05, 3.63) is 48.3 Å². The number of aliphatic hydroxyl groups is 1. The van der Waals surface area contributed by atoms with Crippen LogP contribution >= 0.6 is 0 Å². The number of likely N-dealkylation sites (tertiary alicyclic amines) is 1. The van der Waals surface area contributed by atoms with Crippen molar-refractivity contribution >= 4 is 11.8 Å². The third-order valence-corrected chi connectivity index (χ3v) is 4.46. The van der Waals surface area contributed by atoms with Gasteiger partial charge in [-0.05, 0) is 25.0 Å². The molecule has 1 atom stereocenters. The number of carbonyl (C=O) groups excluding carboxylic acids is 2. The molecule has 0 radical (unpaired) electrons. The molecule has 1 fully saturated rings. The van der Waals surface area contributed by atoms with Crippen molar-refractivity contribution in [2.24, 2.45) is 0 Å². The van der Waals surface area contributed by atoms with Crippen LogP contribution in [0.25, 0.3) is 5.69 Å². The minimum atomic E-state index is -1.18. The van der Waals surface area contributed by atoms with Crippen molar-refractivity contribution in [1.29, 1.82) is 0 Å². The highest BCUT2D eigenvalue weighted by Crippen LogP contribution is 2.25. The number of nitrogens with one attached hydrogen (secondary N) is 1. The Balaban J connectivity index is 1.72. The van der Waals surface area contributed by atoms with Gasteiger partial charge >= 0.3 is 0 Å². The number of nitrogens with zero attached hydrogens (tertiary/aromatic N) is 3. The molecule has 3 rings (SSSR count). The van der Waals surface area contributed by atoms with Crippen LogP contribution in [-0.2, 0) is 4.79 Å². The Morgan fingerprint density at radius 1 is 1.32 bits per heavy atom. The first-order chi connectivity index (χ1) is 12.0. The molecule has 1 aliphatic heterocycles. The van der Waals surface area contributed by atoms with Gasteiger partial charge in [0, 0.05) is 19.8 Å². The van der Waals surface area contributed by atoms with Crippen LogP contribution in [0.3, 0.4) is 0 Å². The van der Waals surface area contributed by atoms with E-state index in [1.807, 2.05) is 30.3 Å². The van der Waals surface area contributed by atoms with Gasteiger partial charge in [-0.2, -0.15) is 5.10 Å². The van der Waals surface area contributed by atoms with Gasteiger partial charge in [0.1, 0.15) is 0 Å². The summed E-state index contributed by atoms with van der Waals surface area (Å²) in [5.74, 6) is -0.411. The monoisotopic (exact) mass is 342 g/mol. The molecule has 0 spiro atoms. The van der Waals surface area contributed by atoms with Crippen LogP contribution in [0.2, 0.25) is 0 Å². The average Bonchev–Trinajstić information content (AvgIpc) is 3.11. The maximum Gasteiger partial charge on any atom is 0.257 e. The van der Waals surface area contributed by atoms with Crippen LogP contribution in [0.4, 0.5) is 0 Å². The molecule has 1 unspecified atom stereocenters. The molecular formula is C18H22N4O3. The maximum absolute atomic E-state index is 12.7. The number of amides is 2. The molecule has 7 heteroatoms. The molecule has 0 saturated carbocycles. The molecular weight excluding hydrogens is 320 g/mol. The summed E-state index contributed by atoms with van der Waals surface area (Å²) in [6.07, 6.45) is 4.38. The quantitative estimate of drug-likeness (QED) is 0.867. The standard InChI is InChI=1S/C18H22N4O3/c1-19-16(23)10-18(25)8-5-9-21(13-18)17(24)14-11-20-22(12-14)15-6-3-2-4-7-15/h2-4,6-7,11-12,25H,5,8-10,13H2,1H3,(H,19,23). The number of piperidine rings is 1. The van der Waals surface area contributed by atoms with E-state index in [0.717, 1.165) is 5.69 Å². The third kappa shape index (κ3) is 3.88. The van der Waals surface area contributed by atoms with E-state index in [1.54, 1.807) is 15.8 Å². The first-order valence-corrected chi connectivity index (χ1v) is 8.33. The lowest BCUT2D eigenvalue weighted by atomic mass is 9.89. The van der Waals surface area contributed by atoms with E-state index in [-0.39, 0.29) is 24.8 Å². The summed E-state index contributed by atoms with van der Waals surface area (Å²) >= 11 is 0. The number of hydrogen-bond donors (Lipinski definition) is 2. The van der Waals surface area contributed by atoms with Crippen molar-refractivity contribution in [2.75, 3.05) is 20.1 Å². The number of hydrogen-bond acceptors (Lipinski definition) is 4. The fourth-order valence-electron chi connectivity index (χ4n) is 3.16. The molecule has 0 aliphatic carbocycles. The lowest BCUT2D eigenvalue weighted by Crippen LogP contribution is -2.52. The van der Waals surface area contributed by atoms with E-state index in [2.05, 4.69) is 10.4 Å². The first kappa shape index (κ1) is 17.2. The highest BCUT2D eigenvalue weighted by Gasteiger charge is 2.37. The molecule has 2 aromatic rings. The smallest absolute Gasteiger partial charge is 0.257 e. The van der Waals surface area contributed by atoms with E-state index in [0.29, 0.717) is 24.9 Å². The van der Waals surface area contributed by atoms with Gasteiger partial charge in [-0.3, -0.25) is 9.59 Å². The number of para-hydroxylation sites is 1. The van der Waals surface area contributed by atoms with Crippen LogP contribution in [0.15, 0.2) is 42.7 Å². The Labute approximate surface area is 146 Å². The van der Waals surface area contributed by atoms with Crippen LogP contribution in [0.5, 0.6) is 0 Å². The van der Waals surface area contributed by atoms with E-state index in [1.165, 1.54) is 13.2 Å². The topological polar surface area (TPSA) is 87.5 Å². The minimum absolute atomic E-state index is 0.00342. The molecule has 2 heterocycles. The van der Waals surface area contributed by atoms with Gasteiger partial charge in [-0.1, -0.05) is 18.2 Å². The summed E-state index contributed by atoms with van der Waals surface area (Å²) in [6, 6.07) is 9.54. The molecule has 1 aromatic carbocycles. The minimum Gasteiger partial charge on any atom is -0.388 e. The summed E-state index contributed by atoms with van der Waals surface area (Å²) in [4.78, 5) is 25.9. The zero-order chi connectivity index (χ0) is 17.9. The molecule has 0 bridgehead atoms. The Kier molecular flexibility index (Phi) is 4.85. The van der Waals surface area contributed by atoms with Crippen molar-refractivity contribution in [1.82, 2.24) is 20.0 Å². The van der Waals surface area contributed by atoms with E-state index >= 15 is 0 Å². The highest BCUT2D eigenvalue weighted by atomic mass is 16.3. The van der Waals surface area contributed by atoms with Crippen molar-refractivity contribution in [3.63, 3.8) is 0 Å². The molecule has 2 amide bonds. The molecule has 7 nitrogen and oxygen atoms in total. The predicted octanol–water partition coefficient (Wildman–Crippen LogP) is 0.975. The fraction of sp³-hybridized carbons (Fsp3) is 0.389. The van der Waals surface area contributed by atoms with Crippen LogP contribution in [-0.4, -0.2) is 57.3 Å². The number of benzene rings is 1. The fourth-order valence-corrected chi connectivity index (χ4v) is 3.16. The Morgan fingerprint density at radius 3 is 2.80 bits per heavy atom. The van der Waals surface area contributed by atoms with Gasteiger partial charge in [0.05, 0.1) is 36.0 Å². The summed E-state index contributed by atoms with van der Waals surface area (Å²) in [5, 5.41) is 17.4. The van der Waals surface area contributed by atoms with Crippen LogP contribution in [0.1, 0.15) is 29.6 Å². The van der Waals surface area contributed by atoms with Gasteiger partial charge in [0.2, 0.25) is 5.91 Å². The summed E-state index contributed by atoms with van der Waals surface area (Å²) < 4.78 is 1.65. The second kappa shape index (κ2) is 7.06. The summed E-state index contributed by atoms with van der Waals surface area (Å²) in [5.41, 5.74) is 0.160. The number of aromatic nitrogens is 2.